The van der Waals surface area contributed by atoms with Crippen LogP contribution in [0.25, 0.3) is 44.5 Å². The number of hydrogen-bond donors (Lipinski definition) is 5. The van der Waals surface area contributed by atoms with Crippen LogP contribution in [0.2, 0.25) is 0 Å². The summed E-state index contributed by atoms with van der Waals surface area (Å²) < 4.78 is 9.54. The molecule has 2 aromatic carbocycles. The lowest BCUT2D eigenvalue weighted by Gasteiger charge is -2.30. The van der Waals surface area contributed by atoms with Gasteiger partial charge in [-0.25, -0.2) is 19.6 Å². The van der Waals surface area contributed by atoms with Gasteiger partial charge in [0.2, 0.25) is 11.8 Å². The predicted octanol–water partition coefficient (Wildman–Crippen LogP) is 6.70. The molecule has 4 atom stereocenters. The maximum Gasteiger partial charge on any atom is 0.407 e. The number of benzene rings is 2. The van der Waals surface area contributed by atoms with E-state index in [2.05, 4.69) is 68.1 Å². The number of hydrogen-bond acceptors (Lipinski definition) is 8. The van der Waals surface area contributed by atoms with Crippen molar-refractivity contribution < 1.29 is 28.7 Å². The molecule has 7 rings (SSSR count). The summed E-state index contributed by atoms with van der Waals surface area (Å²) in [4.78, 5) is 74.7. The number of fused-ring (bicyclic) bond motifs is 1. The first-order chi connectivity index (χ1) is 27.5. The first kappa shape index (κ1) is 39.1. The van der Waals surface area contributed by atoms with E-state index >= 15 is 0 Å². The van der Waals surface area contributed by atoms with Crippen LogP contribution < -0.4 is 10.6 Å². The molecular formula is C42H51N9O6. The molecule has 2 aliphatic heterocycles. The summed E-state index contributed by atoms with van der Waals surface area (Å²) in [7, 11) is 2.58. The fraction of sp³-hybridized carbons (Fsp3) is 0.429. The highest BCUT2D eigenvalue weighted by Gasteiger charge is 2.39. The van der Waals surface area contributed by atoms with Crippen LogP contribution >= 0.6 is 0 Å². The summed E-state index contributed by atoms with van der Waals surface area (Å²) in [6.07, 6.45) is 7.52. The van der Waals surface area contributed by atoms with Crippen molar-refractivity contribution in [1.29, 1.82) is 0 Å². The van der Waals surface area contributed by atoms with Gasteiger partial charge in [0.05, 0.1) is 55.6 Å². The second-order valence-electron chi connectivity index (χ2n) is 15.5. The number of aromatic nitrogens is 5. The first-order valence-corrected chi connectivity index (χ1v) is 19.6. The largest absolute Gasteiger partial charge is 0.453 e. The standard InChI is InChI=1S/C42H51N9O6/c1-23(2)34(48-41(54)56-5)39(52)50-19-7-9-32(50)37-44-21-30(46-37)26-13-11-25(12-14-26)27-15-16-28(29-17-18-43-36(27)29)31-22-45-38(47-31)33-10-8-20-51(33)40(53)35(24(3)4)49-42(55)57-6/h11-18,21-24,32-35,43H,7-10,19-20H2,1-6H3,(H,44,46)(H,45,47)(H,48,54)(H,49,55). The van der Waals surface area contributed by atoms with E-state index in [0.29, 0.717) is 24.7 Å². The predicted molar refractivity (Wildman–Crippen MR) is 215 cm³/mol. The number of carbonyl (C=O) groups is 4. The van der Waals surface area contributed by atoms with Gasteiger partial charge in [0.25, 0.3) is 0 Å². The summed E-state index contributed by atoms with van der Waals surface area (Å²) in [5.74, 6) is 0.909. The average molecular weight is 778 g/mol. The Bertz CT molecular complexity index is 2240. The third-order valence-electron chi connectivity index (χ3n) is 11.2. The molecule has 0 aliphatic carbocycles. The molecule has 57 heavy (non-hydrogen) atoms. The Hall–Kier alpha value is -6.12. The Labute approximate surface area is 331 Å². The van der Waals surface area contributed by atoms with E-state index in [-0.39, 0.29) is 35.7 Å². The van der Waals surface area contributed by atoms with Crippen LogP contribution in [0, 0.1) is 11.8 Å². The maximum absolute atomic E-state index is 13.7. The minimum absolute atomic E-state index is 0.111. The zero-order valence-electron chi connectivity index (χ0n) is 33.2. The summed E-state index contributed by atoms with van der Waals surface area (Å²) >= 11 is 0. The number of nitrogens with one attached hydrogen (secondary N) is 5. The highest BCUT2D eigenvalue weighted by Crippen LogP contribution is 2.38. The van der Waals surface area contributed by atoms with Gasteiger partial charge in [-0.3, -0.25) is 9.59 Å². The smallest absolute Gasteiger partial charge is 0.407 e. The molecule has 2 fully saturated rings. The summed E-state index contributed by atoms with van der Waals surface area (Å²) in [5.41, 5.74) is 6.71. The summed E-state index contributed by atoms with van der Waals surface area (Å²) in [6.45, 7) is 8.77. The van der Waals surface area contributed by atoms with Crippen molar-refractivity contribution in [3.05, 3.63) is 72.7 Å². The van der Waals surface area contributed by atoms with Crippen LogP contribution in [-0.2, 0) is 19.1 Å². The summed E-state index contributed by atoms with van der Waals surface area (Å²) in [5, 5.41) is 6.44. The molecule has 0 spiro atoms. The normalized spacial score (nSPS) is 18.0. The molecule has 0 saturated carbocycles. The third-order valence-corrected chi connectivity index (χ3v) is 11.2. The van der Waals surface area contributed by atoms with Crippen molar-refractivity contribution in [3.63, 3.8) is 0 Å². The molecule has 15 nitrogen and oxygen atoms in total. The van der Waals surface area contributed by atoms with Gasteiger partial charge in [0.15, 0.2) is 0 Å². The number of likely N-dealkylation sites (tertiary alicyclic amines) is 2. The molecule has 3 aromatic heterocycles. The van der Waals surface area contributed by atoms with Crippen molar-refractivity contribution in [1.82, 2.24) is 45.4 Å². The second kappa shape index (κ2) is 16.5. The van der Waals surface area contributed by atoms with E-state index in [0.717, 1.165) is 70.2 Å². The number of methoxy groups -OCH3 is 2. The number of amides is 4. The molecule has 4 unspecified atom stereocenters. The van der Waals surface area contributed by atoms with E-state index in [1.54, 1.807) is 6.20 Å². The fourth-order valence-corrected chi connectivity index (χ4v) is 8.14. The zero-order valence-corrected chi connectivity index (χ0v) is 33.2. The van der Waals surface area contributed by atoms with Crippen LogP contribution in [-0.4, -0.2) is 98.1 Å². The monoisotopic (exact) mass is 777 g/mol. The lowest BCUT2D eigenvalue weighted by atomic mass is 9.97. The fourth-order valence-electron chi connectivity index (χ4n) is 8.14. The molecule has 15 heteroatoms. The van der Waals surface area contributed by atoms with Crippen molar-refractivity contribution in [3.8, 4) is 33.6 Å². The number of ether oxygens (including phenoxy) is 2. The molecule has 2 aliphatic rings. The zero-order chi connectivity index (χ0) is 40.4. The molecule has 5 aromatic rings. The Morgan fingerprint density at radius 1 is 0.684 bits per heavy atom. The Morgan fingerprint density at radius 2 is 1.18 bits per heavy atom. The van der Waals surface area contributed by atoms with E-state index in [1.807, 2.05) is 49.9 Å². The lowest BCUT2D eigenvalue weighted by Crippen LogP contribution is -2.51. The quantitative estimate of drug-likeness (QED) is 0.0979. The lowest BCUT2D eigenvalue weighted by molar-refractivity contribution is -0.136. The van der Waals surface area contributed by atoms with Crippen molar-refractivity contribution >= 4 is 34.9 Å². The van der Waals surface area contributed by atoms with Crippen molar-refractivity contribution in [2.24, 2.45) is 11.8 Å². The Morgan fingerprint density at radius 3 is 1.70 bits per heavy atom. The van der Waals surface area contributed by atoms with Crippen LogP contribution in [0.5, 0.6) is 0 Å². The number of imidazole rings is 2. The number of rotatable bonds is 11. The van der Waals surface area contributed by atoms with E-state index < -0.39 is 24.3 Å². The number of H-pyrrole nitrogens is 3. The van der Waals surface area contributed by atoms with Crippen molar-refractivity contribution in [2.75, 3.05) is 27.3 Å². The third kappa shape index (κ3) is 7.83. The van der Waals surface area contributed by atoms with Gasteiger partial charge in [0, 0.05) is 35.8 Å². The minimum Gasteiger partial charge on any atom is -0.453 e. The highest BCUT2D eigenvalue weighted by atomic mass is 16.5. The van der Waals surface area contributed by atoms with Gasteiger partial charge in [0.1, 0.15) is 23.7 Å². The van der Waals surface area contributed by atoms with Crippen LogP contribution in [0.4, 0.5) is 9.59 Å². The Kier molecular flexibility index (Phi) is 11.4. The minimum atomic E-state index is -0.701. The van der Waals surface area contributed by atoms with Crippen molar-refractivity contribution in [2.45, 2.75) is 77.5 Å². The SMILES string of the molecule is COC(=O)NC(C(=O)N1CCCC1c1ncc(-c2ccc(-c3ccc(-c4cnc(C5CCCN5C(=O)C(NC(=O)OC)C(C)C)[nH]4)c4cc[nH]c34)cc2)[nH]1)C(C)C. The van der Waals surface area contributed by atoms with E-state index in [4.69, 9.17) is 19.4 Å². The molecule has 300 valence electrons. The first-order valence-electron chi connectivity index (χ1n) is 19.6. The molecular weight excluding hydrogens is 727 g/mol. The van der Waals surface area contributed by atoms with E-state index in [9.17, 15) is 19.2 Å². The molecule has 5 heterocycles. The van der Waals surface area contributed by atoms with Gasteiger partial charge in [-0.1, -0.05) is 64.1 Å². The van der Waals surface area contributed by atoms with Gasteiger partial charge in [-0.2, -0.15) is 0 Å². The number of aromatic amines is 3. The molecule has 2 saturated heterocycles. The van der Waals surface area contributed by atoms with Gasteiger partial charge >= 0.3 is 12.2 Å². The number of carbonyl (C=O) groups excluding carboxylic acids is 4. The Balaban J connectivity index is 1.07. The second-order valence-corrected chi connectivity index (χ2v) is 15.5. The van der Waals surface area contributed by atoms with Gasteiger partial charge in [-0.15, -0.1) is 0 Å². The van der Waals surface area contributed by atoms with Crippen LogP contribution in [0.15, 0.2) is 61.1 Å². The topological polar surface area (TPSA) is 190 Å². The molecule has 4 amide bonds. The molecule has 5 N–H and O–H groups in total. The van der Waals surface area contributed by atoms with Gasteiger partial charge in [-0.05, 0) is 54.7 Å². The van der Waals surface area contributed by atoms with Crippen LogP contribution in [0.1, 0.15) is 77.1 Å². The van der Waals surface area contributed by atoms with Crippen LogP contribution in [0.3, 0.4) is 0 Å². The number of nitrogens with zero attached hydrogens (tertiary/aromatic N) is 4. The maximum atomic E-state index is 13.7. The molecule has 0 radical (unpaired) electrons. The highest BCUT2D eigenvalue weighted by molar-refractivity contribution is 6.02. The van der Waals surface area contributed by atoms with E-state index in [1.165, 1.54) is 14.2 Å². The average Bonchev–Trinajstić information content (AvgIpc) is 4.07. The summed E-state index contributed by atoms with van der Waals surface area (Å²) in [6, 6.07) is 12.7. The van der Waals surface area contributed by atoms with Gasteiger partial charge < -0.3 is 44.9 Å². The molecule has 0 bridgehead atoms. The number of alkyl carbamates (subject to hydrolysis) is 2.